The number of Topliss-reactive ketones (excluding diaryl/α,β-unsaturated/α-hetero) is 2. The van der Waals surface area contributed by atoms with Gasteiger partial charge < -0.3 is 19.4 Å². The van der Waals surface area contributed by atoms with Gasteiger partial charge >= 0.3 is 0 Å². The molecule has 0 aliphatic rings. The second-order valence-corrected chi connectivity index (χ2v) is 3.12. The van der Waals surface area contributed by atoms with Crippen LogP contribution in [0.15, 0.2) is 0 Å². The van der Waals surface area contributed by atoms with E-state index >= 15 is 0 Å². The molecule has 0 fully saturated rings. The van der Waals surface area contributed by atoms with Crippen LogP contribution in [0.25, 0.3) is 0 Å². The average molecular weight is 206 g/mol. The minimum atomic E-state index is -0.324. The van der Waals surface area contributed by atoms with E-state index in [1.807, 2.05) is 0 Å². The molecule has 0 aromatic carbocycles. The molecule has 4 nitrogen and oxygen atoms in total. The summed E-state index contributed by atoms with van der Waals surface area (Å²) in [6.45, 7) is 8.23. The minimum Gasteiger partial charge on any atom is -0.391 e. The van der Waals surface area contributed by atoms with Gasteiger partial charge in [0.2, 0.25) is 0 Å². The lowest BCUT2D eigenvalue weighted by molar-refractivity contribution is -0.115. The van der Waals surface area contributed by atoms with Gasteiger partial charge in [-0.1, -0.05) is 0 Å². The number of carbonyl (C=O) groups excluding carboxylic acids is 2. The van der Waals surface area contributed by atoms with E-state index in [0.29, 0.717) is 6.61 Å². The molecule has 0 radical (unpaired) electrons. The summed E-state index contributed by atoms with van der Waals surface area (Å²) in [6, 6.07) is 0. The van der Waals surface area contributed by atoms with E-state index in [1.165, 1.54) is 27.7 Å². The van der Waals surface area contributed by atoms with Crippen molar-refractivity contribution in [1.29, 1.82) is 0 Å². The Balaban J connectivity index is -0.000000135. The zero-order valence-electron chi connectivity index (χ0n) is 9.96. The van der Waals surface area contributed by atoms with Gasteiger partial charge in [-0.3, -0.25) is 0 Å². The molecule has 0 spiro atoms. The van der Waals surface area contributed by atoms with E-state index in [-0.39, 0.29) is 17.7 Å². The number of aliphatic hydroxyl groups excluding tert-OH is 1. The fourth-order valence-electron chi connectivity index (χ4n) is 0.241. The average Bonchev–Trinajstić information content (AvgIpc) is 1.82. The van der Waals surface area contributed by atoms with E-state index in [2.05, 4.69) is 4.74 Å². The predicted octanol–water partition coefficient (Wildman–Crippen LogP) is 1.20. The van der Waals surface area contributed by atoms with Crippen molar-refractivity contribution in [2.75, 3.05) is 13.7 Å². The summed E-state index contributed by atoms with van der Waals surface area (Å²) in [6.07, 6.45) is -0.324. The van der Waals surface area contributed by atoms with Crippen molar-refractivity contribution >= 4 is 11.6 Å². The number of hydrogen-bond donors (Lipinski definition) is 1. The molecule has 1 unspecified atom stereocenters. The van der Waals surface area contributed by atoms with Gasteiger partial charge in [-0.25, -0.2) is 0 Å². The molecule has 0 heterocycles. The Morgan fingerprint density at radius 1 is 1.14 bits per heavy atom. The molecule has 1 atom stereocenters. The van der Waals surface area contributed by atoms with E-state index in [0.717, 1.165) is 0 Å². The van der Waals surface area contributed by atoms with Gasteiger partial charge in [0.1, 0.15) is 11.6 Å². The monoisotopic (exact) mass is 206 g/mol. The summed E-state index contributed by atoms with van der Waals surface area (Å²) in [5.74, 6) is 0.333. The van der Waals surface area contributed by atoms with Crippen molar-refractivity contribution < 1.29 is 19.4 Å². The highest BCUT2D eigenvalue weighted by molar-refractivity contribution is 5.72. The Morgan fingerprint density at radius 2 is 1.36 bits per heavy atom. The molecule has 0 saturated heterocycles. The van der Waals surface area contributed by atoms with Crippen LogP contribution in [0.1, 0.15) is 34.6 Å². The molecular formula is C10H22O4. The lowest BCUT2D eigenvalue weighted by Gasteiger charge is -1.97. The SMILES string of the molecule is CC(C)=O.CC(C)=O.COCC(C)O. The van der Waals surface area contributed by atoms with E-state index in [1.54, 1.807) is 14.0 Å². The maximum Gasteiger partial charge on any atom is 0.126 e. The summed E-state index contributed by atoms with van der Waals surface area (Å²) >= 11 is 0. The van der Waals surface area contributed by atoms with Crippen LogP contribution >= 0.6 is 0 Å². The zero-order valence-corrected chi connectivity index (χ0v) is 9.96. The second-order valence-electron chi connectivity index (χ2n) is 3.12. The van der Waals surface area contributed by atoms with Crippen molar-refractivity contribution in [3.05, 3.63) is 0 Å². The molecule has 0 aliphatic carbocycles. The fourth-order valence-corrected chi connectivity index (χ4v) is 0.241. The summed E-state index contributed by atoms with van der Waals surface area (Å²) in [7, 11) is 1.56. The summed E-state index contributed by atoms with van der Waals surface area (Å²) < 4.78 is 4.55. The standard InChI is InChI=1S/C4H10O2.2C3H6O/c1-4(5)3-6-2;2*1-3(2)4/h4-5H,3H2,1-2H3;2*1-2H3. The Hall–Kier alpha value is -0.740. The van der Waals surface area contributed by atoms with Gasteiger partial charge in [0.15, 0.2) is 0 Å². The first-order chi connectivity index (χ1) is 6.23. The van der Waals surface area contributed by atoms with Gasteiger partial charge in [0.05, 0.1) is 12.7 Å². The Morgan fingerprint density at radius 3 is 1.36 bits per heavy atom. The molecular weight excluding hydrogens is 184 g/mol. The molecule has 1 N–H and O–H groups in total. The van der Waals surface area contributed by atoms with Crippen molar-refractivity contribution in [2.24, 2.45) is 0 Å². The topological polar surface area (TPSA) is 63.6 Å². The molecule has 14 heavy (non-hydrogen) atoms. The second kappa shape index (κ2) is 14.8. The Kier molecular flexibility index (Phi) is 20.0. The summed E-state index contributed by atoms with van der Waals surface area (Å²) in [5, 5.41) is 8.43. The van der Waals surface area contributed by atoms with E-state index in [9.17, 15) is 9.59 Å². The van der Waals surface area contributed by atoms with Crippen LogP contribution in [0.3, 0.4) is 0 Å². The molecule has 0 amide bonds. The number of carbonyl (C=O) groups is 2. The van der Waals surface area contributed by atoms with Crippen molar-refractivity contribution in [3.63, 3.8) is 0 Å². The zero-order chi connectivity index (χ0) is 12.1. The third kappa shape index (κ3) is 232. The van der Waals surface area contributed by atoms with Gasteiger partial charge in [-0.2, -0.15) is 0 Å². The van der Waals surface area contributed by atoms with Crippen molar-refractivity contribution in [3.8, 4) is 0 Å². The van der Waals surface area contributed by atoms with Crippen LogP contribution in [-0.2, 0) is 14.3 Å². The van der Waals surface area contributed by atoms with Crippen LogP contribution in [0.4, 0.5) is 0 Å². The molecule has 0 rings (SSSR count). The molecule has 0 bridgehead atoms. The molecule has 0 aromatic rings. The van der Waals surface area contributed by atoms with Crippen molar-refractivity contribution in [2.45, 2.75) is 40.7 Å². The highest BCUT2D eigenvalue weighted by Crippen LogP contribution is 1.75. The van der Waals surface area contributed by atoms with Crippen LogP contribution in [0.2, 0.25) is 0 Å². The van der Waals surface area contributed by atoms with E-state index in [4.69, 9.17) is 5.11 Å². The number of aliphatic hydroxyl groups is 1. The number of ketones is 2. The molecule has 0 aromatic heterocycles. The quantitative estimate of drug-likeness (QED) is 0.737. The van der Waals surface area contributed by atoms with Gasteiger partial charge in [0.25, 0.3) is 0 Å². The summed E-state index contributed by atoms with van der Waals surface area (Å²) in [5.41, 5.74) is 0. The fraction of sp³-hybridized carbons (Fsp3) is 0.800. The maximum atomic E-state index is 9.44. The smallest absolute Gasteiger partial charge is 0.126 e. The van der Waals surface area contributed by atoms with Gasteiger partial charge in [-0.15, -0.1) is 0 Å². The van der Waals surface area contributed by atoms with Crippen LogP contribution in [-0.4, -0.2) is 36.5 Å². The number of methoxy groups -OCH3 is 1. The molecule has 86 valence electrons. The van der Waals surface area contributed by atoms with Crippen LogP contribution in [0, 0.1) is 0 Å². The largest absolute Gasteiger partial charge is 0.391 e. The Labute approximate surface area is 86.3 Å². The molecule has 4 heteroatoms. The highest BCUT2D eigenvalue weighted by atomic mass is 16.5. The third-order valence-electron chi connectivity index (χ3n) is 0.408. The van der Waals surface area contributed by atoms with E-state index < -0.39 is 0 Å². The third-order valence-corrected chi connectivity index (χ3v) is 0.408. The number of hydrogen-bond acceptors (Lipinski definition) is 4. The maximum absolute atomic E-state index is 9.44. The normalized spacial score (nSPS) is 9.93. The first-order valence-electron chi connectivity index (χ1n) is 4.35. The lowest BCUT2D eigenvalue weighted by Crippen LogP contribution is -2.07. The minimum absolute atomic E-state index is 0.167. The van der Waals surface area contributed by atoms with Crippen LogP contribution in [0.5, 0.6) is 0 Å². The first-order valence-corrected chi connectivity index (χ1v) is 4.35. The Bertz CT molecular complexity index is 121. The first kappa shape index (κ1) is 18.9. The van der Waals surface area contributed by atoms with Gasteiger partial charge in [0, 0.05) is 7.11 Å². The summed E-state index contributed by atoms with van der Waals surface area (Å²) in [4.78, 5) is 18.9. The van der Waals surface area contributed by atoms with Crippen molar-refractivity contribution in [1.82, 2.24) is 0 Å². The molecule has 0 aliphatic heterocycles. The molecule has 0 saturated carbocycles. The highest BCUT2D eigenvalue weighted by Gasteiger charge is 1.87. The van der Waals surface area contributed by atoms with Crippen LogP contribution < -0.4 is 0 Å². The lowest BCUT2D eigenvalue weighted by atomic mass is 10.5. The number of rotatable bonds is 2. The predicted molar refractivity (Wildman–Crippen MR) is 56.3 cm³/mol. The van der Waals surface area contributed by atoms with Gasteiger partial charge in [-0.05, 0) is 34.6 Å². The number of ether oxygens (including phenoxy) is 1.